The Labute approximate surface area is 107 Å². The summed E-state index contributed by atoms with van der Waals surface area (Å²) in [6.07, 6.45) is 8.28. The molecular formula is C15H30N2. The van der Waals surface area contributed by atoms with E-state index < -0.39 is 0 Å². The SMILES string of the molecule is CCC1CCCC1(CN)N(CC1CC1)C(C)C. The molecule has 0 radical (unpaired) electrons. The van der Waals surface area contributed by atoms with E-state index in [2.05, 4.69) is 25.7 Å². The van der Waals surface area contributed by atoms with Crippen molar-refractivity contribution in [3.63, 3.8) is 0 Å². The smallest absolute Gasteiger partial charge is 0.0362 e. The summed E-state index contributed by atoms with van der Waals surface area (Å²) >= 11 is 0. The summed E-state index contributed by atoms with van der Waals surface area (Å²) in [5, 5.41) is 0. The molecule has 2 aliphatic carbocycles. The zero-order chi connectivity index (χ0) is 12.5. The van der Waals surface area contributed by atoms with Gasteiger partial charge in [0.15, 0.2) is 0 Å². The van der Waals surface area contributed by atoms with Gasteiger partial charge < -0.3 is 5.73 Å². The Bertz CT molecular complexity index is 247. The topological polar surface area (TPSA) is 29.3 Å². The zero-order valence-corrected chi connectivity index (χ0v) is 11.9. The minimum absolute atomic E-state index is 0.325. The van der Waals surface area contributed by atoms with Crippen LogP contribution >= 0.6 is 0 Å². The van der Waals surface area contributed by atoms with Crippen LogP contribution in [0.15, 0.2) is 0 Å². The van der Waals surface area contributed by atoms with Crippen molar-refractivity contribution in [3.8, 4) is 0 Å². The van der Waals surface area contributed by atoms with Gasteiger partial charge in [0.2, 0.25) is 0 Å². The zero-order valence-electron chi connectivity index (χ0n) is 11.9. The van der Waals surface area contributed by atoms with Crippen molar-refractivity contribution in [2.24, 2.45) is 17.6 Å². The Morgan fingerprint density at radius 1 is 1.29 bits per heavy atom. The van der Waals surface area contributed by atoms with Gasteiger partial charge in [-0.05, 0) is 51.4 Å². The maximum atomic E-state index is 6.23. The van der Waals surface area contributed by atoms with Crippen LogP contribution in [0.5, 0.6) is 0 Å². The molecule has 0 bridgehead atoms. The third-order valence-electron chi connectivity index (χ3n) is 5.12. The average Bonchev–Trinajstić information content (AvgIpc) is 3.04. The Morgan fingerprint density at radius 3 is 2.47 bits per heavy atom. The van der Waals surface area contributed by atoms with Gasteiger partial charge in [-0.2, -0.15) is 0 Å². The van der Waals surface area contributed by atoms with E-state index in [0.717, 1.165) is 18.4 Å². The van der Waals surface area contributed by atoms with Gasteiger partial charge in [-0.25, -0.2) is 0 Å². The van der Waals surface area contributed by atoms with Gasteiger partial charge in [0.1, 0.15) is 0 Å². The van der Waals surface area contributed by atoms with Gasteiger partial charge in [-0.3, -0.25) is 4.90 Å². The monoisotopic (exact) mass is 238 g/mol. The van der Waals surface area contributed by atoms with Crippen LogP contribution < -0.4 is 5.73 Å². The van der Waals surface area contributed by atoms with Crippen molar-refractivity contribution in [3.05, 3.63) is 0 Å². The molecule has 2 saturated carbocycles. The molecule has 17 heavy (non-hydrogen) atoms. The van der Waals surface area contributed by atoms with Crippen LogP contribution in [0.3, 0.4) is 0 Å². The molecule has 2 N–H and O–H groups in total. The van der Waals surface area contributed by atoms with Crippen molar-refractivity contribution >= 4 is 0 Å². The molecule has 0 aromatic rings. The fourth-order valence-electron chi connectivity index (χ4n) is 3.96. The van der Waals surface area contributed by atoms with Gasteiger partial charge in [-0.15, -0.1) is 0 Å². The fourth-order valence-corrected chi connectivity index (χ4v) is 3.96. The lowest BCUT2D eigenvalue weighted by atomic mass is 9.82. The van der Waals surface area contributed by atoms with E-state index in [-0.39, 0.29) is 0 Å². The molecule has 0 aromatic heterocycles. The Kier molecular flexibility index (Phi) is 4.14. The quantitative estimate of drug-likeness (QED) is 0.771. The van der Waals surface area contributed by atoms with E-state index in [1.54, 1.807) is 0 Å². The summed E-state index contributed by atoms with van der Waals surface area (Å²) < 4.78 is 0. The lowest BCUT2D eigenvalue weighted by Crippen LogP contribution is -2.59. The lowest BCUT2D eigenvalue weighted by molar-refractivity contribution is 0.0239. The van der Waals surface area contributed by atoms with Crippen molar-refractivity contribution in [1.82, 2.24) is 4.90 Å². The largest absolute Gasteiger partial charge is 0.329 e. The van der Waals surface area contributed by atoms with Gasteiger partial charge in [0.25, 0.3) is 0 Å². The van der Waals surface area contributed by atoms with Crippen LogP contribution in [0.25, 0.3) is 0 Å². The second kappa shape index (κ2) is 5.27. The highest BCUT2D eigenvalue weighted by Gasteiger charge is 2.47. The van der Waals surface area contributed by atoms with E-state index in [0.29, 0.717) is 11.6 Å². The first-order valence-electron chi connectivity index (χ1n) is 7.61. The van der Waals surface area contributed by atoms with Crippen LogP contribution in [0.2, 0.25) is 0 Å². The molecule has 0 spiro atoms. The lowest BCUT2D eigenvalue weighted by Gasteiger charge is -2.47. The van der Waals surface area contributed by atoms with E-state index in [1.807, 2.05) is 0 Å². The summed E-state index contributed by atoms with van der Waals surface area (Å²) in [6.45, 7) is 9.20. The maximum absolute atomic E-state index is 6.23. The molecule has 0 amide bonds. The summed E-state index contributed by atoms with van der Waals surface area (Å²) in [6, 6.07) is 0.645. The first kappa shape index (κ1) is 13.4. The van der Waals surface area contributed by atoms with Crippen molar-refractivity contribution < 1.29 is 0 Å². The van der Waals surface area contributed by atoms with Crippen LogP contribution in [0.1, 0.15) is 59.3 Å². The number of hydrogen-bond donors (Lipinski definition) is 1. The highest BCUT2D eigenvalue weighted by atomic mass is 15.2. The van der Waals surface area contributed by atoms with Crippen molar-refractivity contribution in [1.29, 1.82) is 0 Å². The average molecular weight is 238 g/mol. The summed E-state index contributed by atoms with van der Waals surface area (Å²) in [5.41, 5.74) is 6.55. The normalized spacial score (nSPS) is 33.9. The van der Waals surface area contributed by atoms with E-state index in [4.69, 9.17) is 5.73 Å². The van der Waals surface area contributed by atoms with Crippen LogP contribution in [-0.2, 0) is 0 Å². The molecule has 0 aromatic carbocycles. The highest BCUT2D eigenvalue weighted by molar-refractivity contribution is 5.03. The number of rotatable bonds is 6. The van der Waals surface area contributed by atoms with Crippen LogP contribution in [0, 0.1) is 11.8 Å². The first-order chi connectivity index (χ1) is 8.14. The van der Waals surface area contributed by atoms with Gasteiger partial charge >= 0.3 is 0 Å². The van der Waals surface area contributed by atoms with Gasteiger partial charge in [-0.1, -0.05) is 19.8 Å². The Morgan fingerprint density at radius 2 is 2.00 bits per heavy atom. The molecular weight excluding hydrogens is 208 g/mol. The molecule has 2 atom stereocenters. The third kappa shape index (κ3) is 2.53. The predicted octanol–water partition coefficient (Wildman–Crippen LogP) is 3.01. The third-order valence-corrected chi connectivity index (χ3v) is 5.12. The van der Waals surface area contributed by atoms with Crippen molar-refractivity contribution in [2.75, 3.05) is 13.1 Å². The summed E-state index contributed by atoms with van der Waals surface area (Å²) in [7, 11) is 0. The molecule has 2 nitrogen and oxygen atoms in total. The molecule has 2 fully saturated rings. The maximum Gasteiger partial charge on any atom is 0.0362 e. The number of nitrogens with two attached hydrogens (primary N) is 1. The minimum Gasteiger partial charge on any atom is -0.329 e. The molecule has 2 rings (SSSR count). The van der Waals surface area contributed by atoms with E-state index in [9.17, 15) is 0 Å². The molecule has 0 saturated heterocycles. The Balaban J connectivity index is 2.16. The van der Waals surface area contributed by atoms with E-state index in [1.165, 1.54) is 45.1 Å². The number of nitrogens with zero attached hydrogens (tertiary/aromatic N) is 1. The van der Waals surface area contributed by atoms with Gasteiger partial charge in [0, 0.05) is 24.7 Å². The highest BCUT2D eigenvalue weighted by Crippen LogP contribution is 2.44. The molecule has 2 unspecified atom stereocenters. The molecule has 2 aliphatic rings. The molecule has 0 heterocycles. The molecule has 0 aliphatic heterocycles. The fraction of sp³-hybridized carbons (Fsp3) is 1.00. The summed E-state index contributed by atoms with van der Waals surface area (Å²) in [5.74, 6) is 1.80. The van der Waals surface area contributed by atoms with Crippen molar-refractivity contribution in [2.45, 2.75) is 70.9 Å². The molecule has 2 heteroatoms. The van der Waals surface area contributed by atoms with Gasteiger partial charge in [0.05, 0.1) is 0 Å². The minimum atomic E-state index is 0.325. The first-order valence-corrected chi connectivity index (χ1v) is 7.61. The second-order valence-electron chi connectivity index (χ2n) is 6.49. The Hall–Kier alpha value is -0.0800. The molecule has 100 valence electrons. The number of hydrogen-bond acceptors (Lipinski definition) is 2. The van der Waals surface area contributed by atoms with E-state index >= 15 is 0 Å². The van der Waals surface area contributed by atoms with Crippen LogP contribution in [-0.4, -0.2) is 29.6 Å². The standard InChI is InChI=1S/C15H30N2/c1-4-14-6-5-9-15(14,11-16)17(12(2)3)10-13-7-8-13/h12-14H,4-11,16H2,1-3H3. The second-order valence-corrected chi connectivity index (χ2v) is 6.49. The predicted molar refractivity (Wildman–Crippen MR) is 74.0 cm³/mol. The summed E-state index contributed by atoms with van der Waals surface area (Å²) in [4.78, 5) is 2.77. The van der Waals surface area contributed by atoms with Crippen LogP contribution in [0.4, 0.5) is 0 Å².